The molecule has 1 aromatic heterocycles. The fourth-order valence-corrected chi connectivity index (χ4v) is 4.26. The summed E-state index contributed by atoms with van der Waals surface area (Å²) in [5.41, 5.74) is 3.99. The molecule has 2 unspecified atom stereocenters. The lowest BCUT2D eigenvalue weighted by Crippen LogP contribution is -2.38. The van der Waals surface area contributed by atoms with Crippen molar-refractivity contribution in [2.45, 2.75) is 46.4 Å². The normalized spacial score (nSPS) is 17.8. The summed E-state index contributed by atoms with van der Waals surface area (Å²) < 4.78 is 12.4. The highest BCUT2D eigenvalue weighted by Gasteiger charge is 2.37. The van der Waals surface area contributed by atoms with Crippen LogP contribution in [-0.4, -0.2) is 73.6 Å². The summed E-state index contributed by atoms with van der Waals surface area (Å²) in [5, 5.41) is 3.34. The van der Waals surface area contributed by atoms with Crippen LogP contribution in [0.25, 0.3) is 11.4 Å². The van der Waals surface area contributed by atoms with E-state index in [4.69, 9.17) is 14.5 Å². The monoisotopic (exact) mass is 457 g/mol. The molecule has 0 radical (unpaired) electrons. The molecule has 33 heavy (non-hydrogen) atoms. The van der Waals surface area contributed by atoms with Gasteiger partial charge in [0.15, 0.2) is 0 Å². The van der Waals surface area contributed by atoms with Gasteiger partial charge in [0.05, 0.1) is 31.5 Å². The standard InChI is InChI=1S/C24H35N5O4/c1-8-29-22(18-11-10-17(27(5)6)12-15(18)3)25-16(4)21(23(29)30)26-19-13-28(24(31)32-7)14-20(19)33-9-2/h10-12,19-20,26H,8-9,13-14H2,1-7H3. The van der Waals surface area contributed by atoms with Gasteiger partial charge >= 0.3 is 6.09 Å². The van der Waals surface area contributed by atoms with Crippen molar-refractivity contribution in [1.82, 2.24) is 14.5 Å². The van der Waals surface area contributed by atoms with Gasteiger partial charge in [-0.1, -0.05) is 0 Å². The number of ether oxygens (including phenoxy) is 2. The molecule has 180 valence electrons. The average Bonchev–Trinajstić information content (AvgIpc) is 3.18. The minimum atomic E-state index is -0.406. The minimum Gasteiger partial charge on any atom is -0.453 e. The molecule has 9 heteroatoms. The number of nitrogens with zero attached hydrogens (tertiary/aromatic N) is 4. The summed E-state index contributed by atoms with van der Waals surface area (Å²) in [6, 6.07) is 5.90. The first kappa shape index (κ1) is 24.6. The van der Waals surface area contributed by atoms with E-state index in [-0.39, 0.29) is 17.7 Å². The SMILES string of the molecule is CCOC1CN(C(=O)OC)CC1Nc1c(C)nc(-c2ccc(N(C)C)cc2C)n(CC)c1=O. The van der Waals surface area contributed by atoms with E-state index in [2.05, 4.69) is 11.4 Å². The van der Waals surface area contributed by atoms with Gasteiger partial charge in [-0.15, -0.1) is 0 Å². The van der Waals surface area contributed by atoms with Gasteiger partial charge < -0.3 is 24.6 Å². The highest BCUT2D eigenvalue weighted by Crippen LogP contribution is 2.27. The van der Waals surface area contributed by atoms with Gasteiger partial charge in [0.25, 0.3) is 5.56 Å². The van der Waals surface area contributed by atoms with Crippen LogP contribution in [0.1, 0.15) is 25.1 Å². The number of rotatable bonds is 7. The number of aryl methyl sites for hydroxylation is 2. The number of anilines is 2. The number of methoxy groups -OCH3 is 1. The van der Waals surface area contributed by atoms with Crippen molar-refractivity contribution >= 4 is 17.5 Å². The fourth-order valence-electron chi connectivity index (χ4n) is 4.26. The largest absolute Gasteiger partial charge is 0.453 e. The van der Waals surface area contributed by atoms with Crippen LogP contribution < -0.4 is 15.8 Å². The van der Waals surface area contributed by atoms with E-state index in [1.165, 1.54) is 7.11 Å². The van der Waals surface area contributed by atoms with Crippen molar-refractivity contribution in [3.63, 3.8) is 0 Å². The highest BCUT2D eigenvalue weighted by molar-refractivity contribution is 5.69. The quantitative estimate of drug-likeness (QED) is 0.684. The maximum Gasteiger partial charge on any atom is 0.409 e. The number of carbonyl (C=O) groups excluding carboxylic acids is 1. The molecule has 1 saturated heterocycles. The Bertz CT molecular complexity index is 1070. The lowest BCUT2D eigenvalue weighted by atomic mass is 10.1. The summed E-state index contributed by atoms with van der Waals surface area (Å²) in [7, 11) is 5.36. The Kier molecular flexibility index (Phi) is 7.63. The molecule has 0 saturated carbocycles. The fraction of sp³-hybridized carbons (Fsp3) is 0.542. The molecule has 1 aliphatic heterocycles. The van der Waals surface area contributed by atoms with Crippen LogP contribution in [-0.2, 0) is 16.0 Å². The molecule has 2 atom stereocenters. The van der Waals surface area contributed by atoms with Crippen molar-refractivity contribution < 1.29 is 14.3 Å². The zero-order valence-electron chi connectivity index (χ0n) is 20.6. The first-order chi connectivity index (χ1) is 15.7. The molecule has 3 rings (SSSR count). The number of nitrogens with one attached hydrogen (secondary N) is 1. The van der Waals surface area contributed by atoms with Crippen LogP contribution in [0.3, 0.4) is 0 Å². The summed E-state index contributed by atoms with van der Waals surface area (Å²) >= 11 is 0. The predicted molar refractivity (Wildman–Crippen MR) is 130 cm³/mol. The topological polar surface area (TPSA) is 88.9 Å². The number of likely N-dealkylation sites (tertiary alicyclic amines) is 1. The molecular formula is C24H35N5O4. The van der Waals surface area contributed by atoms with E-state index in [0.29, 0.717) is 43.4 Å². The Hall–Kier alpha value is -3.07. The Morgan fingerprint density at radius 3 is 2.55 bits per heavy atom. The van der Waals surface area contributed by atoms with Gasteiger partial charge in [-0.05, 0) is 51.5 Å². The van der Waals surface area contributed by atoms with Gasteiger partial charge in [-0.2, -0.15) is 0 Å². The second kappa shape index (κ2) is 10.2. The van der Waals surface area contributed by atoms with Gasteiger partial charge in [-0.25, -0.2) is 9.78 Å². The molecule has 2 heterocycles. The van der Waals surface area contributed by atoms with Gasteiger partial charge in [-0.3, -0.25) is 9.36 Å². The van der Waals surface area contributed by atoms with E-state index in [9.17, 15) is 9.59 Å². The maximum absolute atomic E-state index is 13.5. The van der Waals surface area contributed by atoms with Crippen molar-refractivity contribution in [2.24, 2.45) is 0 Å². The molecule has 0 spiro atoms. The number of hydrogen-bond donors (Lipinski definition) is 1. The maximum atomic E-state index is 13.5. The molecule has 2 aromatic rings. The minimum absolute atomic E-state index is 0.136. The second-order valence-electron chi connectivity index (χ2n) is 8.46. The summed E-state index contributed by atoms with van der Waals surface area (Å²) in [4.78, 5) is 34.0. The van der Waals surface area contributed by atoms with Crippen LogP contribution in [0.5, 0.6) is 0 Å². The van der Waals surface area contributed by atoms with Gasteiger partial charge in [0, 0.05) is 45.0 Å². The smallest absolute Gasteiger partial charge is 0.409 e. The third-order valence-electron chi connectivity index (χ3n) is 6.04. The number of benzene rings is 1. The molecule has 1 aromatic carbocycles. The first-order valence-corrected chi connectivity index (χ1v) is 11.3. The van der Waals surface area contributed by atoms with E-state index in [1.54, 1.807) is 9.47 Å². The Morgan fingerprint density at radius 1 is 1.24 bits per heavy atom. The lowest BCUT2D eigenvalue weighted by Gasteiger charge is -2.23. The number of hydrogen-bond acceptors (Lipinski definition) is 7. The molecular weight excluding hydrogens is 422 g/mol. The number of aromatic nitrogens is 2. The van der Waals surface area contributed by atoms with E-state index < -0.39 is 6.09 Å². The van der Waals surface area contributed by atoms with E-state index >= 15 is 0 Å². The molecule has 1 amide bonds. The second-order valence-corrected chi connectivity index (χ2v) is 8.46. The Labute approximate surface area is 195 Å². The first-order valence-electron chi connectivity index (χ1n) is 11.3. The number of carbonyl (C=O) groups is 1. The van der Waals surface area contributed by atoms with Crippen LogP contribution in [0.15, 0.2) is 23.0 Å². The predicted octanol–water partition coefficient (Wildman–Crippen LogP) is 2.88. The molecule has 1 fully saturated rings. The highest BCUT2D eigenvalue weighted by atomic mass is 16.5. The van der Waals surface area contributed by atoms with E-state index in [1.807, 2.05) is 58.8 Å². The van der Waals surface area contributed by atoms with Crippen LogP contribution in [0.4, 0.5) is 16.2 Å². The molecule has 0 bridgehead atoms. The van der Waals surface area contributed by atoms with Crippen molar-refractivity contribution in [1.29, 1.82) is 0 Å². The average molecular weight is 458 g/mol. The van der Waals surface area contributed by atoms with Crippen molar-refractivity contribution in [3.05, 3.63) is 39.8 Å². The molecule has 0 aliphatic carbocycles. The van der Waals surface area contributed by atoms with Gasteiger partial charge in [0.1, 0.15) is 11.5 Å². The summed E-state index contributed by atoms with van der Waals surface area (Å²) in [6.07, 6.45) is -0.653. The molecule has 1 N–H and O–H groups in total. The Balaban J connectivity index is 1.99. The van der Waals surface area contributed by atoms with Crippen LogP contribution in [0.2, 0.25) is 0 Å². The van der Waals surface area contributed by atoms with Gasteiger partial charge in [0.2, 0.25) is 0 Å². The van der Waals surface area contributed by atoms with Crippen LogP contribution in [0, 0.1) is 13.8 Å². The summed E-state index contributed by atoms with van der Waals surface area (Å²) in [5.74, 6) is 0.650. The third-order valence-corrected chi connectivity index (χ3v) is 6.04. The van der Waals surface area contributed by atoms with Crippen molar-refractivity contribution in [2.75, 3.05) is 51.1 Å². The Morgan fingerprint density at radius 2 is 1.97 bits per heavy atom. The van der Waals surface area contributed by atoms with Crippen LogP contribution >= 0.6 is 0 Å². The van der Waals surface area contributed by atoms with E-state index in [0.717, 1.165) is 16.8 Å². The molecule has 1 aliphatic rings. The number of amides is 1. The zero-order chi connectivity index (χ0) is 24.3. The zero-order valence-corrected chi connectivity index (χ0v) is 20.6. The molecule has 9 nitrogen and oxygen atoms in total. The third kappa shape index (κ3) is 4.98. The van der Waals surface area contributed by atoms with Crippen molar-refractivity contribution in [3.8, 4) is 11.4 Å². The lowest BCUT2D eigenvalue weighted by molar-refractivity contribution is 0.0614. The summed E-state index contributed by atoms with van der Waals surface area (Å²) in [6.45, 7) is 9.49.